The van der Waals surface area contributed by atoms with Gasteiger partial charge in [0.05, 0.1) is 6.10 Å². The molecule has 0 saturated carbocycles. The van der Waals surface area contributed by atoms with Crippen LogP contribution in [0.25, 0.3) is 0 Å². The summed E-state index contributed by atoms with van der Waals surface area (Å²) in [5, 5.41) is 0. The van der Waals surface area contributed by atoms with Gasteiger partial charge in [0.1, 0.15) is 22.9 Å². The van der Waals surface area contributed by atoms with Crippen LogP contribution in [-0.4, -0.2) is 12.0 Å². The molecule has 0 aliphatic heterocycles. The lowest BCUT2D eigenvalue weighted by Gasteiger charge is -2.13. The van der Waals surface area contributed by atoms with Gasteiger partial charge in [0.2, 0.25) is 0 Å². The van der Waals surface area contributed by atoms with E-state index in [1.54, 1.807) is 0 Å². The van der Waals surface area contributed by atoms with Crippen molar-refractivity contribution in [2.24, 2.45) is 0 Å². The summed E-state index contributed by atoms with van der Waals surface area (Å²) in [6.45, 7) is 4.35. The first-order valence-electron chi connectivity index (χ1n) is 7.74. The van der Waals surface area contributed by atoms with E-state index in [1.165, 1.54) is 6.07 Å². The average Bonchev–Trinajstić information content (AvgIpc) is 2.56. The fourth-order valence-corrected chi connectivity index (χ4v) is 2.01. The highest BCUT2D eigenvalue weighted by atomic mass is 19.1. The number of halogens is 2. The van der Waals surface area contributed by atoms with Crippen molar-refractivity contribution in [3.8, 4) is 5.75 Å². The highest BCUT2D eigenvalue weighted by molar-refractivity contribution is 5.94. The first-order valence-corrected chi connectivity index (χ1v) is 7.74. The van der Waals surface area contributed by atoms with E-state index in [1.807, 2.05) is 38.1 Å². The maximum absolute atomic E-state index is 13.5. The molecule has 0 radical (unpaired) electrons. The topological polar surface area (TPSA) is 50.4 Å². The molecule has 2 aromatic rings. The second-order valence-corrected chi connectivity index (χ2v) is 5.39. The Morgan fingerprint density at radius 3 is 2.33 bits per heavy atom. The molecule has 1 unspecified atom stereocenters. The Hall–Kier alpha value is -2.47. The molecule has 0 aliphatic carbocycles. The van der Waals surface area contributed by atoms with Gasteiger partial charge in [0.25, 0.3) is 5.91 Å². The predicted octanol–water partition coefficient (Wildman–Crippen LogP) is 3.58. The minimum absolute atomic E-state index is 0.143. The standard InChI is InChI=1S/C18H20F2N2O2/c1-3-12(2)24-14-9-7-13(8-10-14)11-21-22-18(23)17-15(19)5-4-6-16(17)20/h4-10,12,21H,3,11H2,1-2H3,(H,22,23). The van der Waals surface area contributed by atoms with E-state index in [4.69, 9.17) is 4.74 Å². The quantitative estimate of drug-likeness (QED) is 0.761. The van der Waals surface area contributed by atoms with E-state index in [-0.39, 0.29) is 6.10 Å². The minimum Gasteiger partial charge on any atom is -0.491 e. The molecule has 128 valence electrons. The van der Waals surface area contributed by atoms with Crippen molar-refractivity contribution in [1.29, 1.82) is 0 Å². The second kappa shape index (κ2) is 8.40. The molecule has 1 amide bonds. The lowest BCUT2D eigenvalue weighted by molar-refractivity contribution is 0.0923. The molecule has 2 rings (SSSR count). The van der Waals surface area contributed by atoms with Gasteiger partial charge in [-0.1, -0.05) is 25.1 Å². The third-order valence-corrected chi connectivity index (χ3v) is 3.52. The first kappa shape index (κ1) is 17.9. The lowest BCUT2D eigenvalue weighted by atomic mass is 10.2. The minimum atomic E-state index is -0.902. The molecular weight excluding hydrogens is 314 g/mol. The molecule has 0 heterocycles. The molecule has 0 aliphatic rings. The summed E-state index contributed by atoms with van der Waals surface area (Å²) in [5.41, 5.74) is 5.22. The Morgan fingerprint density at radius 1 is 1.12 bits per heavy atom. The number of hydrogen-bond acceptors (Lipinski definition) is 3. The number of hydrazine groups is 1. The SMILES string of the molecule is CCC(C)Oc1ccc(CNNC(=O)c2c(F)cccc2F)cc1. The highest BCUT2D eigenvalue weighted by Crippen LogP contribution is 2.15. The average molecular weight is 334 g/mol. The van der Waals surface area contributed by atoms with E-state index in [2.05, 4.69) is 10.9 Å². The maximum Gasteiger partial charge on any atom is 0.271 e. The Morgan fingerprint density at radius 2 is 1.75 bits per heavy atom. The van der Waals surface area contributed by atoms with Crippen LogP contribution in [0.1, 0.15) is 36.2 Å². The van der Waals surface area contributed by atoms with Gasteiger partial charge in [0.15, 0.2) is 0 Å². The van der Waals surface area contributed by atoms with Crippen LogP contribution >= 0.6 is 0 Å². The molecule has 0 bridgehead atoms. The van der Waals surface area contributed by atoms with E-state index in [0.717, 1.165) is 29.9 Å². The zero-order chi connectivity index (χ0) is 17.5. The smallest absolute Gasteiger partial charge is 0.271 e. The molecule has 2 aromatic carbocycles. The van der Waals surface area contributed by atoms with Crippen LogP contribution in [0.15, 0.2) is 42.5 Å². The van der Waals surface area contributed by atoms with Gasteiger partial charge < -0.3 is 4.74 Å². The van der Waals surface area contributed by atoms with Crippen molar-refractivity contribution in [2.75, 3.05) is 0 Å². The first-order chi connectivity index (χ1) is 11.5. The fourth-order valence-electron chi connectivity index (χ4n) is 2.01. The lowest BCUT2D eigenvalue weighted by Crippen LogP contribution is -2.37. The monoisotopic (exact) mass is 334 g/mol. The summed E-state index contributed by atoms with van der Waals surface area (Å²) in [6, 6.07) is 10.6. The van der Waals surface area contributed by atoms with Crippen molar-refractivity contribution in [3.63, 3.8) is 0 Å². The molecule has 4 nitrogen and oxygen atoms in total. The summed E-state index contributed by atoms with van der Waals surface area (Å²) in [7, 11) is 0. The maximum atomic E-state index is 13.5. The fraction of sp³-hybridized carbons (Fsp3) is 0.278. The van der Waals surface area contributed by atoms with Crippen LogP contribution in [-0.2, 0) is 6.54 Å². The molecule has 24 heavy (non-hydrogen) atoms. The van der Waals surface area contributed by atoms with E-state index < -0.39 is 23.1 Å². The zero-order valence-corrected chi connectivity index (χ0v) is 13.6. The summed E-state index contributed by atoms with van der Waals surface area (Å²) in [4.78, 5) is 11.8. The summed E-state index contributed by atoms with van der Waals surface area (Å²) in [6.07, 6.45) is 1.06. The third-order valence-electron chi connectivity index (χ3n) is 3.52. The largest absolute Gasteiger partial charge is 0.491 e. The highest BCUT2D eigenvalue weighted by Gasteiger charge is 2.16. The molecule has 6 heteroatoms. The van der Waals surface area contributed by atoms with E-state index in [9.17, 15) is 13.6 Å². The van der Waals surface area contributed by atoms with Gasteiger partial charge in [-0.2, -0.15) is 0 Å². The summed E-state index contributed by atoms with van der Waals surface area (Å²) in [5.74, 6) is -1.89. The molecule has 0 saturated heterocycles. The van der Waals surface area contributed by atoms with E-state index >= 15 is 0 Å². The van der Waals surface area contributed by atoms with Gasteiger partial charge in [-0.3, -0.25) is 10.2 Å². The molecule has 2 N–H and O–H groups in total. The Bertz CT molecular complexity index is 670. The predicted molar refractivity (Wildman–Crippen MR) is 87.5 cm³/mol. The second-order valence-electron chi connectivity index (χ2n) is 5.39. The number of carbonyl (C=O) groups is 1. The van der Waals surface area contributed by atoms with Crippen LogP contribution < -0.4 is 15.6 Å². The van der Waals surface area contributed by atoms with Crippen molar-refractivity contribution < 1.29 is 18.3 Å². The Labute approximate surface area is 139 Å². The summed E-state index contributed by atoms with van der Waals surface area (Å²) >= 11 is 0. The van der Waals surface area contributed by atoms with Gasteiger partial charge in [-0.05, 0) is 43.2 Å². The number of benzene rings is 2. The number of amides is 1. The normalized spacial score (nSPS) is 11.8. The van der Waals surface area contributed by atoms with Crippen LogP contribution in [0.3, 0.4) is 0 Å². The molecule has 0 aromatic heterocycles. The van der Waals surface area contributed by atoms with Crippen LogP contribution in [0.2, 0.25) is 0 Å². The van der Waals surface area contributed by atoms with Gasteiger partial charge >= 0.3 is 0 Å². The number of nitrogens with one attached hydrogen (secondary N) is 2. The molecule has 1 atom stereocenters. The Balaban J connectivity index is 1.87. The molecular formula is C18H20F2N2O2. The summed E-state index contributed by atoms with van der Waals surface area (Å²) < 4.78 is 32.6. The molecule has 0 spiro atoms. The van der Waals surface area contributed by atoms with Crippen LogP contribution in [0.4, 0.5) is 8.78 Å². The van der Waals surface area contributed by atoms with Crippen molar-refractivity contribution in [1.82, 2.24) is 10.9 Å². The van der Waals surface area contributed by atoms with Crippen molar-refractivity contribution in [2.45, 2.75) is 32.9 Å². The Kier molecular flexibility index (Phi) is 6.26. The number of hydrogen-bond donors (Lipinski definition) is 2. The number of rotatable bonds is 7. The van der Waals surface area contributed by atoms with Gasteiger partial charge in [-0.25, -0.2) is 14.2 Å². The third kappa shape index (κ3) is 4.76. The van der Waals surface area contributed by atoms with Crippen molar-refractivity contribution >= 4 is 5.91 Å². The number of carbonyl (C=O) groups excluding carboxylic acids is 1. The van der Waals surface area contributed by atoms with E-state index in [0.29, 0.717) is 6.54 Å². The van der Waals surface area contributed by atoms with Crippen LogP contribution in [0.5, 0.6) is 5.75 Å². The van der Waals surface area contributed by atoms with Crippen LogP contribution in [0, 0.1) is 11.6 Å². The van der Waals surface area contributed by atoms with Gasteiger partial charge in [-0.15, -0.1) is 0 Å². The van der Waals surface area contributed by atoms with Gasteiger partial charge in [0, 0.05) is 6.54 Å². The zero-order valence-electron chi connectivity index (χ0n) is 13.6. The molecule has 0 fully saturated rings. The number of ether oxygens (including phenoxy) is 1. The van der Waals surface area contributed by atoms with Crippen molar-refractivity contribution in [3.05, 3.63) is 65.2 Å².